The highest BCUT2D eigenvalue weighted by molar-refractivity contribution is 6.34. The van der Waals surface area contributed by atoms with Crippen LogP contribution >= 0.6 is 11.6 Å². The molecule has 0 saturated carbocycles. The minimum Gasteiger partial charge on any atom is -0.482 e. The Balaban J connectivity index is 1.81. The molecule has 0 aromatic heterocycles. The van der Waals surface area contributed by atoms with E-state index >= 15 is 0 Å². The molecule has 2 aromatic rings. The van der Waals surface area contributed by atoms with E-state index in [0.717, 1.165) is 0 Å². The number of halogens is 1. The Kier molecular flexibility index (Phi) is 5.89. The zero-order chi connectivity index (χ0) is 21.0. The zero-order valence-corrected chi connectivity index (χ0v) is 15.7. The van der Waals surface area contributed by atoms with Crippen molar-refractivity contribution in [2.75, 3.05) is 13.7 Å². The summed E-state index contributed by atoms with van der Waals surface area (Å²) in [6.07, 6.45) is 1.48. The van der Waals surface area contributed by atoms with E-state index in [1.807, 2.05) is 0 Å². The lowest BCUT2D eigenvalue weighted by Crippen LogP contribution is -2.12. The van der Waals surface area contributed by atoms with Crippen LogP contribution in [0, 0.1) is 10.1 Å². The van der Waals surface area contributed by atoms with Crippen LogP contribution in [-0.2, 0) is 19.1 Å². The number of nitro groups is 1. The lowest BCUT2D eigenvalue weighted by molar-refractivity contribution is -0.384. The predicted octanol–water partition coefficient (Wildman–Crippen LogP) is 3.14. The van der Waals surface area contributed by atoms with E-state index in [4.69, 9.17) is 21.1 Å². The van der Waals surface area contributed by atoms with Gasteiger partial charge in [-0.05, 0) is 29.8 Å². The molecule has 1 heterocycles. The smallest absolute Gasteiger partial charge is 0.363 e. The number of ether oxygens (including phenoxy) is 3. The van der Waals surface area contributed by atoms with Crippen molar-refractivity contribution in [3.05, 3.63) is 74.4 Å². The Hall–Kier alpha value is -3.72. The van der Waals surface area contributed by atoms with Gasteiger partial charge in [-0.2, -0.15) is 0 Å². The molecular weight excluding hydrogens is 404 g/mol. The second-order valence-corrected chi connectivity index (χ2v) is 6.10. The largest absolute Gasteiger partial charge is 0.482 e. The van der Waals surface area contributed by atoms with Crippen molar-refractivity contribution in [2.45, 2.75) is 0 Å². The summed E-state index contributed by atoms with van der Waals surface area (Å²) in [6, 6.07) is 10.3. The molecule has 10 heteroatoms. The SMILES string of the molecule is COC(=O)COc1ccc(/C=C2\N=C(c3cc([N+](=O)[O-])ccc3Cl)OC2=O)cc1. The monoisotopic (exact) mass is 416 g/mol. The maximum Gasteiger partial charge on any atom is 0.363 e. The van der Waals surface area contributed by atoms with Crippen LogP contribution in [0.15, 0.2) is 53.2 Å². The van der Waals surface area contributed by atoms with Gasteiger partial charge in [-0.1, -0.05) is 23.7 Å². The van der Waals surface area contributed by atoms with E-state index in [2.05, 4.69) is 9.73 Å². The Morgan fingerprint density at radius 2 is 2.00 bits per heavy atom. The molecule has 0 radical (unpaired) electrons. The van der Waals surface area contributed by atoms with Crippen molar-refractivity contribution in [3.63, 3.8) is 0 Å². The summed E-state index contributed by atoms with van der Waals surface area (Å²) in [5.41, 5.74) is 0.565. The van der Waals surface area contributed by atoms with Crippen LogP contribution in [0.4, 0.5) is 5.69 Å². The molecule has 0 aliphatic carbocycles. The summed E-state index contributed by atoms with van der Waals surface area (Å²) in [5.74, 6) is -0.896. The summed E-state index contributed by atoms with van der Waals surface area (Å²) in [6.45, 7) is -0.221. The third kappa shape index (κ3) is 4.77. The Morgan fingerprint density at radius 3 is 2.66 bits per heavy atom. The fourth-order valence-electron chi connectivity index (χ4n) is 2.33. The summed E-state index contributed by atoms with van der Waals surface area (Å²) < 4.78 is 14.8. The molecule has 0 unspecified atom stereocenters. The number of hydrogen-bond acceptors (Lipinski definition) is 8. The van der Waals surface area contributed by atoms with Crippen LogP contribution in [0.2, 0.25) is 5.02 Å². The molecule has 0 fully saturated rings. The number of esters is 2. The van der Waals surface area contributed by atoms with Crippen LogP contribution in [0.5, 0.6) is 5.75 Å². The Labute approximate surface area is 169 Å². The van der Waals surface area contributed by atoms with Crippen molar-refractivity contribution in [1.29, 1.82) is 0 Å². The van der Waals surface area contributed by atoms with Gasteiger partial charge < -0.3 is 14.2 Å². The number of benzene rings is 2. The van der Waals surface area contributed by atoms with Crippen molar-refractivity contribution < 1.29 is 28.7 Å². The first-order chi connectivity index (χ1) is 13.9. The fourth-order valence-corrected chi connectivity index (χ4v) is 2.53. The van der Waals surface area contributed by atoms with E-state index in [-0.39, 0.29) is 34.5 Å². The summed E-state index contributed by atoms with van der Waals surface area (Å²) in [4.78, 5) is 37.6. The number of carbonyl (C=O) groups is 2. The van der Waals surface area contributed by atoms with Crippen molar-refractivity contribution in [3.8, 4) is 5.75 Å². The van der Waals surface area contributed by atoms with Crippen molar-refractivity contribution in [1.82, 2.24) is 0 Å². The molecule has 3 rings (SSSR count). The molecule has 0 bridgehead atoms. The number of methoxy groups -OCH3 is 1. The van der Waals surface area contributed by atoms with E-state index in [1.165, 1.54) is 31.4 Å². The van der Waals surface area contributed by atoms with Gasteiger partial charge in [-0.25, -0.2) is 14.6 Å². The molecule has 0 N–H and O–H groups in total. The normalized spacial score (nSPS) is 14.3. The minimum absolute atomic E-state index is 0.00537. The van der Waals surface area contributed by atoms with Crippen LogP contribution in [-0.4, -0.2) is 36.5 Å². The van der Waals surface area contributed by atoms with Crippen molar-refractivity contribution in [2.24, 2.45) is 4.99 Å². The topological polar surface area (TPSA) is 117 Å². The standard InChI is InChI=1S/C19H13ClN2O7/c1-27-17(23)10-28-13-5-2-11(3-6-13)8-16-19(24)29-18(21-16)14-9-12(22(25)26)4-7-15(14)20/h2-9H,10H2,1H3/b16-8-. The maximum absolute atomic E-state index is 12.1. The van der Waals surface area contributed by atoms with E-state index in [1.54, 1.807) is 24.3 Å². The molecule has 148 valence electrons. The maximum atomic E-state index is 12.1. The highest BCUT2D eigenvalue weighted by Gasteiger charge is 2.27. The number of hydrogen-bond donors (Lipinski definition) is 0. The van der Waals surface area contributed by atoms with E-state index in [0.29, 0.717) is 11.3 Å². The van der Waals surface area contributed by atoms with Crippen molar-refractivity contribution >= 4 is 41.2 Å². The molecule has 0 atom stereocenters. The first kappa shape index (κ1) is 20.0. The lowest BCUT2D eigenvalue weighted by Gasteiger charge is -2.04. The van der Waals surface area contributed by atoms with Crippen LogP contribution in [0.3, 0.4) is 0 Å². The van der Waals surface area contributed by atoms with Gasteiger partial charge in [0.2, 0.25) is 5.90 Å². The van der Waals surface area contributed by atoms with Gasteiger partial charge in [0.15, 0.2) is 12.3 Å². The number of cyclic esters (lactones) is 1. The summed E-state index contributed by atoms with van der Waals surface area (Å²) >= 11 is 6.06. The average molecular weight is 417 g/mol. The quantitative estimate of drug-likeness (QED) is 0.307. The summed E-state index contributed by atoms with van der Waals surface area (Å²) in [5, 5.41) is 11.1. The molecular formula is C19H13ClN2O7. The molecule has 9 nitrogen and oxygen atoms in total. The molecule has 0 saturated heterocycles. The lowest BCUT2D eigenvalue weighted by atomic mass is 10.2. The van der Waals surface area contributed by atoms with Gasteiger partial charge >= 0.3 is 11.9 Å². The van der Waals surface area contributed by atoms with Gasteiger partial charge in [-0.3, -0.25) is 10.1 Å². The van der Waals surface area contributed by atoms with Gasteiger partial charge in [0, 0.05) is 12.1 Å². The number of rotatable bonds is 6. The number of nitrogens with zero attached hydrogens (tertiary/aromatic N) is 2. The molecule has 0 amide bonds. The molecule has 0 spiro atoms. The molecule has 1 aliphatic heterocycles. The highest BCUT2D eigenvalue weighted by atomic mass is 35.5. The predicted molar refractivity (Wildman–Crippen MR) is 103 cm³/mol. The molecule has 1 aliphatic rings. The van der Waals surface area contributed by atoms with E-state index in [9.17, 15) is 19.7 Å². The number of carbonyl (C=O) groups excluding carboxylic acids is 2. The van der Waals surface area contributed by atoms with Crippen LogP contribution < -0.4 is 4.74 Å². The Bertz CT molecular complexity index is 1050. The number of non-ortho nitro benzene ring substituents is 1. The minimum atomic E-state index is -0.714. The Morgan fingerprint density at radius 1 is 1.28 bits per heavy atom. The zero-order valence-electron chi connectivity index (χ0n) is 15.0. The highest BCUT2D eigenvalue weighted by Crippen LogP contribution is 2.27. The average Bonchev–Trinajstić information content (AvgIpc) is 3.07. The van der Waals surface area contributed by atoms with Gasteiger partial charge in [-0.15, -0.1) is 0 Å². The first-order valence-electron chi connectivity index (χ1n) is 8.14. The van der Waals surface area contributed by atoms with Gasteiger partial charge in [0.25, 0.3) is 5.69 Å². The molecule has 29 heavy (non-hydrogen) atoms. The first-order valence-corrected chi connectivity index (χ1v) is 8.51. The second-order valence-electron chi connectivity index (χ2n) is 5.69. The van der Waals surface area contributed by atoms with Crippen LogP contribution in [0.25, 0.3) is 6.08 Å². The van der Waals surface area contributed by atoms with E-state index < -0.39 is 16.9 Å². The number of aliphatic imine (C=N–C) groups is 1. The third-order valence-electron chi connectivity index (χ3n) is 3.78. The second kappa shape index (κ2) is 8.53. The van der Waals surface area contributed by atoms with Gasteiger partial charge in [0.05, 0.1) is 22.6 Å². The molecule has 2 aromatic carbocycles. The van der Waals surface area contributed by atoms with Gasteiger partial charge in [0.1, 0.15) is 5.75 Å². The number of nitro benzene ring substituents is 1. The summed E-state index contributed by atoms with van der Waals surface area (Å²) in [7, 11) is 1.26. The fraction of sp³-hybridized carbons (Fsp3) is 0.105. The third-order valence-corrected chi connectivity index (χ3v) is 4.11. The van der Waals surface area contributed by atoms with Crippen LogP contribution in [0.1, 0.15) is 11.1 Å².